The lowest BCUT2D eigenvalue weighted by Crippen LogP contribution is -2.54. The molecule has 4 rings (SSSR count). The van der Waals surface area contributed by atoms with Crippen LogP contribution in [0.25, 0.3) is 0 Å². The second-order valence-electron chi connectivity index (χ2n) is 7.30. The first-order valence-electron chi connectivity index (χ1n) is 8.05. The predicted octanol–water partition coefficient (Wildman–Crippen LogP) is 2.74. The average Bonchev–Trinajstić information content (AvgIpc) is 2.25. The van der Waals surface area contributed by atoms with E-state index in [1.807, 2.05) is 0 Å². The van der Waals surface area contributed by atoms with Gasteiger partial charge in [-0.15, -0.1) is 0 Å². The molecule has 0 aromatic rings. The Morgan fingerprint density at radius 3 is 1.30 bits per heavy atom. The van der Waals surface area contributed by atoms with Crippen molar-refractivity contribution in [2.75, 3.05) is 0 Å². The van der Waals surface area contributed by atoms with E-state index in [-0.39, 0.29) is 23.0 Å². The maximum Gasteiger partial charge on any atom is 0.417 e. The Kier molecular flexibility index (Phi) is 2.67. The van der Waals surface area contributed by atoms with Gasteiger partial charge in [-0.05, 0) is 51.4 Å². The lowest BCUT2D eigenvalue weighted by atomic mass is 9.54. The Bertz CT molecular complexity index is 394. The van der Waals surface area contributed by atoms with Crippen molar-refractivity contribution in [2.24, 2.45) is 10.8 Å². The van der Waals surface area contributed by atoms with Gasteiger partial charge in [0.1, 0.15) is 12.2 Å². The fourth-order valence-corrected chi connectivity index (χ4v) is 4.47. The number of carbonyl (C=O) groups excluding carboxylic acids is 2. The Morgan fingerprint density at radius 1 is 0.700 bits per heavy atom. The largest absolute Gasteiger partial charge is 0.453 e. The average molecular weight is 278 g/mol. The van der Waals surface area contributed by atoms with Gasteiger partial charge in [0.05, 0.1) is 0 Å². The minimum absolute atomic E-state index is 0.0321. The molecule has 4 aliphatic rings. The highest BCUT2D eigenvalue weighted by Crippen LogP contribution is 2.58. The molecule has 4 aliphatic carbocycles. The molecular weight excluding hydrogens is 256 g/mol. The topological polar surface area (TPSA) is 52.6 Å². The highest BCUT2D eigenvalue weighted by atomic mass is 16.6. The first-order chi connectivity index (χ1) is 9.64. The van der Waals surface area contributed by atoms with E-state index in [2.05, 4.69) is 0 Å². The summed E-state index contributed by atoms with van der Waals surface area (Å²) in [5.41, 5.74) is 0.448. The molecule has 2 unspecified atom stereocenters. The minimum atomic E-state index is -0.762. The molecule has 0 aliphatic heterocycles. The van der Waals surface area contributed by atoms with Crippen LogP contribution in [0.2, 0.25) is 0 Å². The van der Waals surface area contributed by atoms with Crippen LogP contribution in [0.5, 0.6) is 0 Å². The van der Waals surface area contributed by atoms with E-state index in [0.717, 1.165) is 51.4 Å². The van der Waals surface area contributed by atoms with Crippen LogP contribution in [0.1, 0.15) is 64.2 Å². The first-order valence-corrected chi connectivity index (χ1v) is 8.05. The fraction of sp³-hybridized carbons (Fsp3) is 0.875. The van der Waals surface area contributed by atoms with Crippen molar-refractivity contribution in [3.8, 4) is 0 Å². The molecule has 2 atom stereocenters. The number of rotatable bonds is 2. The monoisotopic (exact) mass is 278 g/mol. The standard InChI is InChI=1S/C16H22O4/c17-13(19-11-3-9-15(11)5-1-6-15)14(18)20-12-4-10-16(12)7-2-8-16/h11-12H,1-10H2. The summed E-state index contributed by atoms with van der Waals surface area (Å²) in [5, 5.41) is 0. The van der Waals surface area contributed by atoms with Crippen molar-refractivity contribution < 1.29 is 19.1 Å². The van der Waals surface area contributed by atoms with Gasteiger partial charge in [0.2, 0.25) is 0 Å². The van der Waals surface area contributed by atoms with Crippen LogP contribution in [0.3, 0.4) is 0 Å². The zero-order valence-corrected chi connectivity index (χ0v) is 11.9. The Labute approximate surface area is 119 Å². The van der Waals surface area contributed by atoms with Gasteiger partial charge < -0.3 is 9.47 Å². The summed E-state index contributed by atoms with van der Waals surface area (Å²) in [4.78, 5) is 23.7. The van der Waals surface area contributed by atoms with Crippen molar-refractivity contribution in [3.05, 3.63) is 0 Å². The molecule has 0 bridgehead atoms. The molecule has 0 radical (unpaired) electrons. The second-order valence-corrected chi connectivity index (χ2v) is 7.30. The third-order valence-electron chi connectivity index (χ3n) is 6.54. The molecule has 0 aromatic carbocycles. The minimum Gasteiger partial charge on any atom is -0.453 e. The highest BCUT2D eigenvalue weighted by Gasteiger charge is 2.55. The van der Waals surface area contributed by atoms with E-state index >= 15 is 0 Å². The van der Waals surface area contributed by atoms with E-state index < -0.39 is 11.9 Å². The molecule has 20 heavy (non-hydrogen) atoms. The number of ether oxygens (including phenoxy) is 2. The lowest BCUT2D eigenvalue weighted by Gasteiger charge is -2.55. The number of carbonyl (C=O) groups is 2. The van der Waals surface area contributed by atoms with E-state index in [0.29, 0.717) is 0 Å². The molecule has 0 N–H and O–H groups in total. The van der Waals surface area contributed by atoms with Crippen LogP contribution < -0.4 is 0 Å². The summed E-state index contributed by atoms with van der Waals surface area (Å²) in [6, 6.07) is 0. The number of esters is 2. The van der Waals surface area contributed by atoms with Gasteiger partial charge >= 0.3 is 11.9 Å². The second kappa shape index (κ2) is 4.22. The molecule has 4 nitrogen and oxygen atoms in total. The normalized spacial score (nSPS) is 35.2. The summed E-state index contributed by atoms with van der Waals surface area (Å²) in [6.45, 7) is 0. The molecule has 0 amide bonds. The van der Waals surface area contributed by atoms with Crippen molar-refractivity contribution in [2.45, 2.75) is 76.4 Å². The van der Waals surface area contributed by atoms with E-state index in [1.54, 1.807) is 0 Å². The van der Waals surface area contributed by atoms with E-state index in [4.69, 9.17) is 9.47 Å². The van der Waals surface area contributed by atoms with Gasteiger partial charge in [-0.25, -0.2) is 9.59 Å². The molecule has 110 valence electrons. The maximum atomic E-state index is 11.9. The smallest absolute Gasteiger partial charge is 0.417 e. The van der Waals surface area contributed by atoms with Crippen molar-refractivity contribution in [3.63, 3.8) is 0 Å². The fourth-order valence-electron chi connectivity index (χ4n) is 4.47. The van der Waals surface area contributed by atoms with Crippen LogP contribution in [0.4, 0.5) is 0 Å². The molecular formula is C16H22O4. The number of hydrogen-bond donors (Lipinski definition) is 0. The zero-order chi connectivity index (χ0) is 13.8. The van der Waals surface area contributed by atoms with Gasteiger partial charge in [0.25, 0.3) is 0 Å². The van der Waals surface area contributed by atoms with Crippen LogP contribution in [-0.2, 0) is 19.1 Å². The third-order valence-corrected chi connectivity index (χ3v) is 6.54. The summed E-state index contributed by atoms with van der Waals surface area (Å²) in [7, 11) is 0. The Hall–Kier alpha value is -1.06. The SMILES string of the molecule is O=C(OC1CCC12CCC2)C(=O)OC1CCC12CCC2. The molecule has 0 aromatic heterocycles. The van der Waals surface area contributed by atoms with Crippen LogP contribution in [-0.4, -0.2) is 24.1 Å². The highest BCUT2D eigenvalue weighted by molar-refractivity contribution is 6.29. The van der Waals surface area contributed by atoms with E-state index in [1.165, 1.54) is 12.8 Å². The van der Waals surface area contributed by atoms with Gasteiger partial charge in [0.15, 0.2) is 0 Å². The van der Waals surface area contributed by atoms with Crippen molar-refractivity contribution in [1.82, 2.24) is 0 Å². The lowest BCUT2D eigenvalue weighted by molar-refractivity contribution is -0.204. The van der Waals surface area contributed by atoms with E-state index in [9.17, 15) is 9.59 Å². The maximum absolute atomic E-state index is 11.9. The van der Waals surface area contributed by atoms with Gasteiger partial charge in [-0.1, -0.05) is 12.8 Å². The molecule has 4 fully saturated rings. The summed E-state index contributed by atoms with van der Waals surface area (Å²) in [6.07, 6.45) is 11.1. The van der Waals surface area contributed by atoms with Crippen molar-refractivity contribution in [1.29, 1.82) is 0 Å². The van der Waals surface area contributed by atoms with Crippen LogP contribution >= 0.6 is 0 Å². The molecule has 0 heterocycles. The summed E-state index contributed by atoms with van der Waals surface area (Å²) in [5.74, 6) is -1.52. The molecule has 0 saturated heterocycles. The van der Waals surface area contributed by atoms with Crippen LogP contribution in [0.15, 0.2) is 0 Å². The first kappa shape index (κ1) is 12.7. The molecule has 2 spiro atoms. The number of hydrogen-bond acceptors (Lipinski definition) is 4. The quantitative estimate of drug-likeness (QED) is 0.575. The third kappa shape index (κ3) is 1.66. The van der Waals surface area contributed by atoms with Crippen LogP contribution in [0, 0.1) is 10.8 Å². The van der Waals surface area contributed by atoms with Crippen molar-refractivity contribution >= 4 is 11.9 Å². The molecule has 4 saturated carbocycles. The Balaban J connectivity index is 1.29. The van der Waals surface area contributed by atoms with Gasteiger partial charge in [0, 0.05) is 10.8 Å². The summed E-state index contributed by atoms with van der Waals surface area (Å²) >= 11 is 0. The summed E-state index contributed by atoms with van der Waals surface area (Å²) < 4.78 is 10.8. The zero-order valence-electron chi connectivity index (χ0n) is 11.9. The molecule has 4 heteroatoms. The predicted molar refractivity (Wildman–Crippen MR) is 70.8 cm³/mol. The van der Waals surface area contributed by atoms with Gasteiger partial charge in [-0.2, -0.15) is 0 Å². The van der Waals surface area contributed by atoms with Gasteiger partial charge in [-0.3, -0.25) is 0 Å². The Morgan fingerprint density at radius 2 is 1.10 bits per heavy atom.